The number of rotatable bonds is 7. The number of hydrogen-bond acceptors (Lipinski definition) is 4. The first-order chi connectivity index (χ1) is 11.8. The highest BCUT2D eigenvalue weighted by atomic mass is 79.9. The Kier molecular flexibility index (Phi) is 7.16. The van der Waals surface area contributed by atoms with Gasteiger partial charge in [0.05, 0.1) is 15.8 Å². The van der Waals surface area contributed by atoms with Gasteiger partial charge >= 0.3 is 0 Å². The SMILES string of the molecule is Cc1cc(Br)ccc1NC(=O)CNC(=O)CCC(=O)c1ccc(Cl)s1. The first-order valence-corrected chi connectivity index (χ1v) is 9.45. The summed E-state index contributed by atoms with van der Waals surface area (Å²) in [4.78, 5) is 36.1. The molecule has 0 aliphatic heterocycles. The van der Waals surface area contributed by atoms with Crippen molar-refractivity contribution < 1.29 is 14.4 Å². The summed E-state index contributed by atoms with van der Waals surface area (Å²) in [5, 5.41) is 5.24. The van der Waals surface area contributed by atoms with Crippen molar-refractivity contribution in [3.63, 3.8) is 0 Å². The van der Waals surface area contributed by atoms with E-state index in [1.807, 2.05) is 19.1 Å². The number of aryl methyl sites for hydroxylation is 1. The van der Waals surface area contributed by atoms with Gasteiger partial charge in [0.2, 0.25) is 11.8 Å². The number of anilines is 1. The Morgan fingerprint density at radius 2 is 1.88 bits per heavy atom. The number of thiophene rings is 1. The lowest BCUT2D eigenvalue weighted by Gasteiger charge is -2.09. The van der Waals surface area contributed by atoms with Gasteiger partial charge in [-0.2, -0.15) is 0 Å². The highest BCUT2D eigenvalue weighted by Crippen LogP contribution is 2.23. The minimum absolute atomic E-state index is 0.0267. The number of halogens is 2. The van der Waals surface area contributed by atoms with Crippen LogP contribution in [0.3, 0.4) is 0 Å². The first-order valence-electron chi connectivity index (χ1n) is 7.46. The molecule has 1 aromatic heterocycles. The molecule has 25 heavy (non-hydrogen) atoms. The molecule has 0 atom stereocenters. The number of benzene rings is 1. The summed E-state index contributed by atoms with van der Waals surface area (Å²) in [7, 11) is 0. The van der Waals surface area contributed by atoms with Gasteiger partial charge in [0.15, 0.2) is 5.78 Å². The lowest BCUT2D eigenvalue weighted by molar-refractivity contribution is -0.124. The van der Waals surface area contributed by atoms with Crippen LogP contribution >= 0.6 is 38.9 Å². The van der Waals surface area contributed by atoms with Gasteiger partial charge in [0, 0.05) is 23.0 Å². The largest absolute Gasteiger partial charge is 0.347 e. The fraction of sp³-hybridized carbons (Fsp3) is 0.235. The van der Waals surface area contributed by atoms with Crippen LogP contribution in [0.4, 0.5) is 5.69 Å². The highest BCUT2D eigenvalue weighted by molar-refractivity contribution is 9.10. The normalized spacial score (nSPS) is 10.4. The van der Waals surface area contributed by atoms with Crippen molar-refractivity contribution in [2.75, 3.05) is 11.9 Å². The first kappa shape index (κ1) is 19.6. The lowest BCUT2D eigenvalue weighted by atomic mass is 10.2. The van der Waals surface area contributed by atoms with Gasteiger partial charge < -0.3 is 10.6 Å². The van der Waals surface area contributed by atoms with Crippen molar-refractivity contribution in [1.29, 1.82) is 0 Å². The quantitative estimate of drug-likeness (QED) is 0.630. The van der Waals surface area contributed by atoms with Crippen LogP contribution in [-0.4, -0.2) is 24.1 Å². The van der Waals surface area contributed by atoms with Crippen LogP contribution in [0.5, 0.6) is 0 Å². The van der Waals surface area contributed by atoms with Crippen LogP contribution in [0, 0.1) is 6.92 Å². The third-order valence-corrected chi connectivity index (χ3v) is 5.10. The molecule has 132 valence electrons. The Bertz CT molecular complexity index is 807. The van der Waals surface area contributed by atoms with E-state index in [1.165, 1.54) is 11.3 Å². The van der Waals surface area contributed by atoms with E-state index >= 15 is 0 Å². The molecule has 8 heteroatoms. The summed E-state index contributed by atoms with van der Waals surface area (Å²) < 4.78 is 1.46. The van der Waals surface area contributed by atoms with E-state index in [9.17, 15) is 14.4 Å². The second kappa shape index (κ2) is 9.12. The summed E-state index contributed by atoms with van der Waals surface area (Å²) in [6.07, 6.45) is 0.106. The fourth-order valence-corrected chi connectivity index (χ4v) is 3.53. The average molecular weight is 444 g/mol. The van der Waals surface area contributed by atoms with Crippen molar-refractivity contribution in [3.05, 3.63) is 49.6 Å². The fourth-order valence-electron chi connectivity index (χ4n) is 2.04. The van der Waals surface area contributed by atoms with E-state index in [0.717, 1.165) is 10.0 Å². The lowest BCUT2D eigenvalue weighted by Crippen LogP contribution is -2.33. The van der Waals surface area contributed by atoms with Gasteiger partial charge in [0.1, 0.15) is 0 Å². The van der Waals surface area contributed by atoms with Gasteiger partial charge in [-0.25, -0.2) is 0 Å². The molecular weight excluding hydrogens is 428 g/mol. The molecule has 2 N–H and O–H groups in total. The second-order valence-corrected chi connectivity index (χ2v) is 7.94. The number of hydrogen-bond donors (Lipinski definition) is 2. The molecule has 1 heterocycles. The van der Waals surface area contributed by atoms with Crippen LogP contribution in [-0.2, 0) is 9.59 Å². The Morgan fingerprint density at radius 3 is 2.52 bits per heavy atom. The number of carbonyl (C=O) groups is 3. The maximum Gasteiger partial charge on any atom is 0.243 e. The van der Waals surface area contributed by atoms with Gasteiger partial charge in [-0.05, 0) is 42.8 Å². The van der Waals surface area contributed by atoms with E-state index < -0.39 is 0 Å². The molecule has 2 amide bonds. The molecule has 0 saturated heterocycles. The number of Topliss-reactive ketones (excluding diaryl/α,β-unsaturated/α-hetero) is 1. The van der Waals surface area contributed by atoms with Crippen molar-refractivity contribution in [3.8, 4) is 0 Å². The monoisotopic (exact) mass is 442 g/mol. The summed E-state index contributed by atoms with van der Waals surface area (Å²) in [6, 6.07) is 8.78. The summed E-state index contributed by atoms with van der Waals surface area (Å²) in [5.74, 6) is -0.809. The molecule has 2 rings (SSSR count). The molecule has 0 saturated carbocycles. The topological polar surface area (TPSA) is 75.3 Å². The minimum Gasteiger partial charge on any atom is -0.347 e. The van der Waals surface area contributed by atoms with Gasteiger partial charge in [-0.15, -0.1) is 11.3 Å². The highest BCUT2D eigenvalue weighted by Gasteiger charge is 2.12. The van der Waals surface area contributed by atoms with Crippen molar-refractivity contribution in [2.24, 2.45) is 0 Å². The average Bonchev–Trinajstić information content (AvgIpc) is 3.00. The molecule has 0 fully saturated rings. The molecule has 0 unspecified atom stereocenters. The molecular formula is C17H16BrClN2O3S. The Hall–Kier alpha value is -1.70. The Balaban J connectivity index is 1.74. The summed E-state index contributed by atoms with van der Waals surface area (Å²) >= 11 is 10.3. The van der Waals surface area contributed by atoms with Crippen LogP contribution in [0.2, 0.25) is 4.34 Å². The van der Waals surface area contributed by atoms with Gasteiger partial charge in [-0.1, -0.05) is 27.5 Å². The molecule has 0 bridgehead atoms. The third kappa shape index (κ3) is 6.26. The van der Waals surface area contributed by atoms with E-state index in [4.69, 9.17) is 11.6 Å². The zero-order valence-electron chi connectivity index (χ0n) is 13.4. The van der Waals surface area contributed by atoms with Crippen molar-refractivity contribution in [1.82, 2.24) is 5.32 Å². The standard InChI is InChI=1S/C17H16BrClN2O3S/c1-10-8-11(18)2-3-12(10)21-17(24)9-20-16(23)7-4-13(22)14-5-6-15(19)25-14/h2-3,5-6,8H,4,7,9H2,1H3,(H,20,23)(H,21,24). The summed E-state index contributed by atoms with van der Waals surface area (Å²) in [5.41, 5.74) is 1.60. The number of ketones is 1. The maximum atomic E-state index is 11.9. The Labute approximate surface area is 162 Å². The molecule has 5 nitrogen and oxygen atoms in total. The third-order valence-electron chi connectivity index (χ3n) is 3.34. The number of amides is 2. The Morgan fingerprint density at radius 1 is 1.12 bits per heavy atom. The van der Waals surface area contributed by atoms with Crippen LogP contribution in [0.15, 0.2) is 34.8 Å². The molecule has 1 aromatic carbocycles. The zero-order valence-corrected chi connectivity index (χ0v) is 16.6. The van der Waals surface area contributed by atoms with Crippen LogP contribution in [0.1, 0.15) is 28.1 Å². The van der Waals surface area contributed by atoms with Crippen molar-refractivity contribution >= 4 is 62.2 Å². The van der Waals surface area contributed by atoms with Crippen LogP contribution < -0.4 is 10.6 Å². The van der Waals surface area contributed by atoms with E-state index in [1.54, 1.807) is 18.2 Å². The predicted octanol–water partition coefficient (Wildman–Crippen LogP) is 4.19. The number of nitrogens with one attached hydrogen (secondary N) is 2. The second-order valence-electron chi connectivity index (χ2n) is 5.31. The molecule has 2 aromatic rings. The molecule has 0 spiro atoms. The molecule has 0 radical (unpaired) electrons. The van der Waals surface area contributed by atoms with Gasteiger partial charge in [-0.3, -0.25) is 14.4 Å². The molecule has 0 aliphatic carbocycles. The molecule has 0 aliphatic rings. The van der Waals surface area contributed by atoms with Crippen LogP contribution in [0.25, 0.3) is 0 Å². The van der Waals surface area contributed by atoms with Crippen molar-refractivity contribution in [2.45, 2.75) is 19.8 Å². The maximum absolute atomic E-state index is 11.9. The van der Waals surface area contributed by atoms with E-state index in [0.29, 0.717) is 14.9 Å². The van der Waals surface area contributed by atoms with Gasteiger partial charge in [0.25, 0.3) is 0 Å². The van der Waals surface area contributed by atoms with E-state index in [2.05, 4.69) is 26.6 Å². The minimum atomic E-state index is -0.348. The summed E-state index contributed by atoms with van der Waals surface area (Å²) in [6.45, 7) is 1.73. The van der Waals surface area contributed by atoms with E-state index in [-0.39, 0.29) is 37.0 Å². The zero-order chi connectivity index (χ0) is 18.4. The smallest absolute Gasteiger partial charge is 0.243 e. The predicted molar refractivity (Wildman–Crippen MR) is 103 cm³/mol. The number of carbonyl (C=O) groups excluding carboxylic acids is 3.